The van der Waals surface area contributed by atoms with Crippen molar-refractivity contribution in [2.45, 2.75) is 5.75 Å². The van der Waals surface area contributed by atoms with Crippen LogP contribution in [0.3, 0.4) is 0 Å². The normalized spacial score (nSPS) is 9.80. The molecular weight excluding hydrogens is 149 g/mol. The third kappa shape index (κ3) is 1.72. The molecule has 3 heteroatoms. The number of nitrogens with two attached hydrogens (primary N) is 1. The Morgan fingerprint density at radius 1 is 1.40 bits per heavy atom. The van der Waals surface area contributed by atoms with E-state index in [-0.39, 0.29) is 5.82 Å². The molecule has 0 bridgehead atoms. The van der Waals surface area contributed by atoms with Crippen LogP contribution in [0, 0.1) is 5.82 Å². The predicted octanol–water partition coefficient (Wildman–Crippen LogP) is 1.93. The summed E-state index contributed by atoms with van der Waals surface area (Å²) < 4.78 is 12.7. The van der Waals surface area contributed by atoms with Gasteiger partial charge in [0.15, 0.2) is 0 Å². The third-order valence-electron chi connectivity index (χ3n) is 1.20. The summed E-state index contributed by atoms with van der Waals surface area (Å²) in [6.07, 6.45) is 0. The van der Waals surface area contributed by atoms with Crippen molar-refractivity contribution in [1.29, 1.82) is 0 Å². The van der Waals surface area contributed by atoms with E-state index in [2.05, 4.69) is 0 Å². The first-order valence-electron chi connectivity index (χ1n) is 2.89. The molecule has 1 aromatic carbocycles. The van der Waals surface area contributed by atoms with Gasteiger partial charge in [0.05, 0.1) is 0 Å². The second-order valence-electron chi connectivity index (χ2n) is 1.90. The molecule has 0 aliphatic carbocycles. The average molecular weight is 157 g/mol. The molecule has 0 heterocycles. The second kappa shape index (κ2) is 3.58. The van der Waals surface area contributed by atoms with Crippen molar-refractivity contribution in [3.8, 4) is 0 Å². The molecule has 0 saturated carbocycles. The summed E-state index contributed by atoms with van der Waals surface area (Å²) >= 11 is 1.13. The molecule has 1 nitrogen and oxygen atoms in total. The molecule has 1 rings (SSSR count). The number of halogens is 1. The van der Waals surface area contributed by atoms with Gasteiger partial charge in [0.2, 0.25) is 0 Å². The smallest absolute Gasteiger partial charge is 0.127 e. The van der Waals surface area contributed by atoms with Gasteiger partial charge in [0.1, 0.15) is 5.82 Å². The first-order chi connectivity index (χ1) is 4.84. The lowest BCUT2D eigenvalue weighted by molar-refractivity contribution is 0.617. The van der Waals surface area contributed by atoms with Gasteiger partial charge >= 0.3 is 0 Å². The van der Waals surface area contributed by atoms with Gasteiger partial charge in [-0.3, -0.25) is 5.14 Å². The maximum atomic E-state index is 12.7. The molecule has 0 atom stereocenters. The van der Waals surface area contributed by atoms with Gasteiger partial charge in [0, 0.05) is 5.75 Å². The molecule has 0 saturated heterocycles. The van der Waals surface area contributed by atoms with Gasteiger partial charge in [0.25, 0.3) is 0 Å². The zero-order valence-corrected chi connectivity index (χ0v) is 6.20. The van der Waals surface area contributed by atoms with E-state index in [4.69, 9.17) is 5.14 Å². The highest BCUT2D eigenvalue weighted by molar-refractivity contribution is 7.96. The summed E-state index contributed by atoms with van der Waals surface area (Å²) in [6, 6.07) is 6.63. The fraction of sp³-hybridized carbons (Fsp3) is 0.143. The van der Waals surface area contributed by atoms with Crippen LogP contribution in [0.4, 0.5) is 4.39 Å². The predicted molar refractivity (Wildman–Crippen MR) is 41.9 cm³/mol. The molecule has 0 fully saturated rings. The first-order valence-corrected chi connectivity index (χ1v) is 3.94. The number of benzene rings is 1. The SMILES string of the molecule is NSCc1ccccc1F. The molecule has 0 radical (unpaired) electrons. The number of rotatable bonds is 2. The van der Waals surface area contributed by atoms with E-state index >= 15 is 0 Å². The zero-order valence-electron chi connectivity index (χ0n) is 5.38. The molecule has 1 aromatic rings. The molecule has 0 unspecified atom stereocenters. The van der Waals surface area contributed by atoms with Crippen LogP contribution in [-0.4, -0.2) is 0 Å². The first kappa shape index (κ1) is 7.57. The maximum Gasteiger partial charge on any atom is 0.127 e. The number of hydrogen-bond donors (Lipinski definition) is 1. The monoisotopic (exact) mass is 157 g/mol. The Morgan fingerprint density at radius 3 is 2.70 bits per heavy atom. The van der Waals surface area contributed by atoms with Crippen LogP contribution in [-0.2, 0) is 5.75 Å². The zero-order chi connectivity index (χ0) is 7.40. The largest absolute Gasteiger partial charge is 0.278 e. The second-order valence-corrected chi connectivity index (χ2v) is 2.52. The molecule has 10 heavy (non-hydrogen) atoms. The Morgan fingerprint density at radius 2 is 2.10 bits per heavy atom. The van der Waals surface area contributed by atoms with Gasteiger partial charge in [-0.2, -0.15) is 0 Å². The highest BCUT2D eigenvalue weighted by Crippen LogP contribution is 2.10. The van der Waals surface area contributed by atoms with Gasteiger partial charge in [-0.25, -0.2) is 4.39 Å². The molecular formula is C7H8FNS. The van der Waals surface area contributed by atoms with Crippen molar-refractivity contribution in [1.82, 2.24) is 0 Å². The van der Waals surface area contributed by atoms with E-state index in [1.165, 1.54) is 6.07 Å². The van der Waals surface area contributed by atoms with Gasteiger partial charge in [-0.15, -0.1) is 0 Å². The van der Waals surface area contributed by atoms with Crippen LogP contribution in [0.2, 0.25) is 0 Å². The topological polar surface area (TPSA) is 26.0 Å². The number of hydrogen-bond acceptors (Lipinski definition) is 2. The summed E-state index contributed by atoms with van der Waals surface area (Å²) in [5.41, 5.74) is 0.662. The molecule has 0 spiro atoms. The van der Waals surface area contributed by atoms with Crippen LogP contribution in [0.1, 0.15) is 5.56 Å². The van der Waals surface area contributed by atoms with Gasteiger partial charge in [-0.1, -0.05) is 30.1 Å². The lowest BCUT2D eigenvalue weighted by Gasteiger charge is -1.97. The summed E-state index contributed by atoms with van der Waals surface area (Å²) in [7, 11) is 0. The molecule has 0 aromatic heterocycles. The third-order valence-corrected chi connectivity index (χ3v) is 1.67. The van der Waals surface area contributed by atoms with E-state index in [0.717, 1.165) is 11.9 Å². The lowest BCUT2D eigenvalue weighted by atomic mass is 10.2. The quantitative estimate of drug-likeness (QED) is 0.664. The van der Waals surface area contributed by atoms with E-state index in [1.807, 2.05) is 0 Å². The van der Waals surface area contributed by atoms with E-state index < -0.39 is 0 Å². The van der Waals surface area contributed by atoms with E-state index in [1.54, 1.807) is 18.2 Å². The Hall–Kier alpha value is -0.540. The minimum Gasteiger partial charge on any atom is -0.278 e. The fourth-order valence-electron chi connectivity index (χ4n) is 0.705. The Balaban J connectivity index is 2.81. The average Bonchev–Trinajstić information content (AvgIpc) is 1.94. The lowest BCUT2D eigenvalue weighted by Crippen LogP contribution is -1.88. The van der Waals surface area contributed by atoms with E-state index in [9.17, 15) is 4.39 Å². The Labute approximate surface area is 63.6 Å². The molecule has 54 valence electrons. The van der Waals surface area contributed by atoms with Crippen LogP contribution in [0.15, 0.2) is 24.3 Å². The fourth-order valence-corrected chi connectivity index (χ4v) is 1.12. The van der Waals surface area contributed by atoms with Gasteiger partial charge < -0.3 is 0 Å². The summed E-state index contributed by atoms with van der Waals surface area (Å²) in [6.45, 7) is 0. The van der Waals surface area contributed by atoms with Crippen LogP contribution < -0.4 is 5.14 Å². The van der Waals surface area contributed by atoms with Crippen LogP contribution in [0.5, 0.6) is 0 Å². The highest BCUT2D eigenvalue weighted by Gasteiger charge is 1.97. The van der Waals surface area contributed by atoms with Gasteiger partial charge in [-0.05, 0) is 11.6 Å². The van der Waals surface area contributed by atoms with Crippen LogP contribution >= 0.6 is 11.9 Å². The van der Waals surface area contributed by atoms with Crippen molar-refractivity contribution >= 4 is 11.9 Å². The molecule has 2 N–H and O–H groups in total. The minimum atomic E-state index is -0.180. The summed E-state index contributed by atoms with van der Waals surface area (Å²) in [5, 5.41) is 5.18. The Bertz CT molecular complexity index is 215. The standard InChI is InChI=1S/C7H8FNS/c8-7-4-2-1-3-6(7)5-10-9/h1-4H,5,9H2. The minimum absolute atomic E-state index is 0.180. The molecule has 0 amide bonds. The van der Waals surface area contributed by atoms with Crippen molar-refractivity contribution in [2.75, 3.05) is 0 Å². The maximum absolute atomic E-state index is 12.7. The van der Waals surface area contributed by atoms with Crippen molar-refractivity contribution in [2.24, 2.45) is 5.14 Å². The summed E-state index contributed by atoms with van der Waals surface area (Å²) in [5.74, 6) is 0.354. The Kier molecular flexibility index (Phi) is 2.71. The van der Waals surface area contributed by atoms with Crippen molar-refractivity contribution < 1.29 is 4.39 Å². The summed E-state index contributed by atoms with van der Waals surface area (Å²) in [4.78, 5) is 0. The highest BCUT2D eigenvalue weighted by atomic mass is 32.2. The molecule has 0 aliphatic heterocycles. The van der Waals surface area contributed by atoms with Crippen LogP contribution in [0.25, 0.3) is 0 Å². The van der Waals surface area contributed by atoms with E-state index in [0.29, 0.717) is 11.3 Å². The van der Waals surface area contributed by atoms with Crippen molar-refractivity contribution in [3.05, 3.63) is 35.6 Å². The van der Waals surface area contributed by atoms with Crippen molar-refractivity contribution in [3.63, 3.8) is 0 Å². The molecule has 0 aliphatic rings.